The average Bonchev–Trinajstić information content (AvgIpc) is 2.03. The lowest BCUT2D eigenvalue weighted by Crippen LogP contribution is -2.01. The van der Waals surface area contributed by atoms with Gasteiger partial charge in [0.25, 0.3) is 0 Å². The molecule has 11 heavy (non-hydrogen) atoms. The molecule has 1 aromatic carbocycles. The Balaban J connectivity index is 2.69. The molecular weight excluding hydrogens is 162 g/mol. The smallest absolute Gasteiger partial charge is 0.228 e. The van der Waals surface area contributed by atoms with Crippen molar-refractivity contribution in [3.63, 3.8) is 0 Å². The molecule has 0 aliphatic rings. The summed E-state index contributed by atoms with van der Waals surface area (Å²) in [5.74, 6) is 0. The molecule has 57 valence electrons. The van der Waals surface area contributed by atoms with Gasteiger partial charge in [-0.05, 0) is 11.6 Å². The first kappa shape index (κ1) is 8.08. The van der Waals surface area contributed by atoms with Gasteiger partial charge in [0.2, 0.25) is 6.41 Å². The highest BCUT2D eigenvalue weighted by Gasteiger charge is 1.96. The van der Waals surface area contributed by atoms with Crippen LogP contribution in [0.4, 0.5) is 0 Å². The number of nitrogens with zero attached hydrogens (tertiary/aromatic N) is 1. The van der Waals surface area contributed by atoms with E-state index in [-0.39, 0.29) is 0 Å². The fourth-order valence-corrected chi connectivity index (χ4v) is 0.958. The molecule has 0 unspecified atom stereocenters. The quantitative estimate of drug-likeness (QED) is 0.631. The minimum absolute atomic E-state index is 0.364. The molecule has 0 N–H and O–H groups in total. The van der Waals surface area contributed by atoms with Gasteiger partial charge in [-0.2, -0.15) is 0 Å². The van der Waals surface area contributed by atoms with Crippen LogP contribution in [0.3, 0.4) is 0 Å². The summed E-state index contributed by atoms with van der Waals surface area (Å²) in [4.78, 5) is 9.88. The lowest BCUT2D eigenvalue weighted by atomic mass is 10.2. The van der Waals surface area contributed by atoms with E-state index >= 15 is 0 Å². The van der Waals surface area contributed by atoms with Crippen molar-refractivity contribution >= 4 is 18.0 Å². The maximum absolute atomic E-state index is 9.88. The lowest BCUT2D eigenvalue weighted by Gasteiger charge is -1.98. The van der Waals surface area contributed by atoms with Gasteiger partial charge in [0.1, 0.15) is 0 Å². The number of rotatable bonds is 3. The molecule has 0 atom stereocenters. The van der Waals surface area contributed by atoms with Gasteiger partial charge in [-0.1, -0.05) is 29.8 Å². The third-order valence-electron chi connectivity index (χ3n) is 1.29. The average molecular weight is 169 g/mol. The highest BCUT2D eigenvalue weighted by atomic mass is 35.5. The molecule has 0 bridgehead atoms. The molecule has 0 heterocycles. The normalized spacial score (nSPS) is 9.18. The fourth-order valence-electron chi connectivity index (χ4n) is 0.762. The van der Waals surface area contributed by atoms with Gasteiger partial charge in [-0.25, -0.2) is 5.32 Å². The van der Waals surface area contributed by atoms with Crippen LogP contribution in [-0.4, -0.2) is 6.41 Å². The van der Waals surface area contributed by atoms with Crippen LogP contribution in [0.15, 0.2) is 24.3 Å². The molecule has 0 fully saturated rings. The number of amides is 1. The Morgan fingerprint density at radius 2 is 2.18 bits per heavy atom. The molecule has 0 saturated heterocycles. The van der Waals surface area contributed by atoms with Crippen LogP contribution in [-0.2, 0) is 11.3 Å². The molecular formula is C8H7ClNO. The molecule has 1 radical (unpaired) electrons. The Labute approximate surface area is 70.2 Å². The Hall–Kier alpha value is -1.02. The van der Waals surface area contributed by atoms with Crippen molar-refractivity contribution < 1.29 is 4.79 Å². The molecule has 0 spiro atoms. The number of carbonyl (C=O) groups is 1. The largest absolute Gasteiger partial charge is 0.277 e. The van der Waals surface area contributed by atoms with Crippen molar-refractivity contribution in [2.24, 2.45) is 0 Å². The maximum atomic E-state index is 9.88. The van der Waals surface area contributed by atoms with Crippen molar-refractivity contribution in [2.75, 3.05) is 0 Å². The number of hydrogen-bond donors (Lipinski definition) is 0. The molecule has 0 saturated carbocycles. The van der Waals surface area contributed by atoms with Crippen LogP contribution in [0.2, 0.25) is 5.02 Å². The Bertz CT molecular complexity index is 250. The minimum atomic E-state index is 0.364. The molecule has 0 aromatic heterocycles. The summed E-state index contributed by atoms with van der Waals surface area (Å²) in [5, 5.41) is 4.19. The number of halogens is 1. The summed E-state index contributed by atoms with van der Waals surface area (Å²) in [6.07, 6.45) is 0.531. The summed E-state index contributed by atoms with van der Waals surface area (Å²) >= 11 is 5.78. The van der Waals surface area contributed by atoms with E-state index in [9.17, 15) is 4.79 Å². The van der Waals surface area contributed by atoms with Gasteiger partial charge in [0.15, 0.2) is 0 Å². The van der Waals surface area contributed by atoms with Crippen LogP contribution < -0.4 is 5.32 Å². The molecule has 1 aromatic rings. The SMILES string of the molecule is O=C[N]Cc1ccccc1Cl. The molecule has 0 aliphatic heterocycles. The Morgan fingerprint density at radius 1 is 1.45 bits per heavy atom. The summed E-state index contributed by atoms with van der Waals surface area (Å²) in [5.41, 5.74) is 0.876. The fraction of sp³-hybridized carbons (Fsp3) is 0.125. The van der Waals surface area contributed by atoms with E-state index in [2.05, 4.69) is 5.32 Å². The van der Waals surface area contributed by atoms with Gasteiger partial charge in [-0.15, -0.1) is 0 Å². The van der Waals surface area contributed by atoms with Gasteiger partial charge in [-0.3, -0.25) is 4.79 Å². The second-order valence-corrected chi connectivity index (χ2v) is 2.44. The summed E-state index contributed by atoms with van der Waals surface area (Å²) < 4.78 is 0. The molecule has 1 rings (SSSR count). The van der Waals surface area contributed by atoms with Crippen molar-refractivity contribution in [3.05, 3.63) is 34.9 Å². The van der Waals surface area contributed by atoms with E-state index < -0.39 is 0 Å². The van der Waals surface area contributed by atoms with E-state index in [1.165, 1.54) is 0 Å². The van der Waals surface area contributed by atoms with E-state index in [4.69, 9.17) is 11.6 Å². The first-order chi connectivity index (χ1) is 5.34. The van der Waals surface area contributed by atoms with Crippen molar-refractivity contribution in [2.45, 2.75) is 6.54 Å². The number of carbonyl (C=O) groups excluding carboxylic acids is 1. The van der Waals surface area contributed by atoms with Crippen molar-refractivity contribution in [1.82, 2.24) is 5.32 Å². The van der Waals surface area contributed by atoms with Gasteiger partial charge < -0.3 is 0 Å². The molecule has 2 nitrogen and oxygen atoms in total. The second kappa shape index (κ2) is 3.98. The molecule has 0 aliphatic carbocycles. The van der Waals surface area contributed by atoms with Crippen LogP contribution in [0.5, 0.6) is 0 Å². The van der Waals surface area contributed by atoms with Crippen LogP contribution in [0, 0.1) is 0 Å². The standard InChI is InChI=1S/C8H7ClNO/c9-8-4-2-1-3-7(8)5-10-6-11/h1-4,6H,5H2. The van der Waals surface area contributed by atoms with E-state index in [0.29, 0.717) is 18.0 Å². The predicted molar refractivity (Wildman–Crippen MR) is 43.4 cm³/mol. The lowest BCUT2D eigenvalue weighted by molar-refractivity contribution is -0.109. The highest BCUT2D eigenvalue weighted by Crippen LogP contribution is 2.14. The minimum Gasteiger partial charge on any atom is -0.277 e. The Kier molecular flexibility index (Phi) is 2.93. The summed E-state index contributed by atoms with van der Waals surface area (Å²) in [6.45, 7) is 0.364. The van der Waals surface area contributed by atoms with Crippen LogP contribution in [0.25, 0.3) is 0 Å². The molecule has 1 amide bonds. The maximum Gasteiger partial charge on any atom is 0.228 e. The van der Waals surface area contributed by atoms with Crippen molar-refractivity contribution in [3.8, 4) is 0 Å². The zero-order chi connectivity index (χ0) is 8.10. The Morgan fingerprint density at radius 3 is 2.82 bits per heavy atom. The number of benzene rings is 1. The predicted octanol–water partition coefficient (Wildman–Crippen LogP) is 1.60. The zero-order valence-electron chi connectivity index (χ0n) is 5.83. The van der Waals surface area contributed by atoms with Crippen molar-refractivity contribution in [1.29, 1.82) is 0 Å². The van der Waals surface area contributed by atoms with Crippen LogP contribution >= 0.6 is 11.6 Å². The second-order valence-electron chi connectivity index (χ2n) is 2.04. The molecule has 3 heteroatoms. The third-order valence-corrected chi connectivity index (χ3v) is 1.66. The first-order valence-electron chi connectivity index (χ1n) is 3.18. The zero-order valence-corrected chi connectivity index (χ0v) is 6.58. The van der Waals surface area contributed by atoms with Gasteiger partial charge in [0.05, 0.1) is 6.54 Å². The van der Waals surface area contributed by atoms with Gasteiger partial charge >= 0.3 is 0 Å². The monoisotopic (exact) mass is 168 g/mol. The summed E-state index contributed by atoms with van der Waals surface area (Å²) in [7, 11) is 0. The van der Waals surface area contributed by atoms with Gasteiger partial charge in [0, 0.05) is 5.02 Å². The highest BCUT2D eigenvalue weighted by molar-refractivity contribution is 6.31. The first-order valence-corrected chi connectivity index (χ1v) is 3.56. The number of hydrogen-bond acceptors (Lipinski definition) is 1. The van der Waals surface area contributed by atoms with E-state index in [0.717, 1.165) is 5.56 Å². The van der Waals surface area contributed by atoms with E-state index in [1.807, 2.05) is 18.2 Å². The van der Waals surface area contributed by atoms with Crippen LogP contribution in [0.1, 0.15) is 5.56 Å². The summed E-state index contributed by atoms with van der Waals surface area (Å²) in [6, 6.07) is 7.32. The topological polar surface area (TPSA) is 31.2 Å². The van der Waals surface area contributed by atoms with E-state index in [1.54, 1.807) is 6.07 Å². The third kappa shape index (κ3) is 2.24.